The molecule has 1 aromatic heterocycles. The number of alkyl halides is 3. The van der Waals surface area contributed by atoms with Crippen LogP contribution in [0, 0.1) is 11.3 Å². The number of fused-ring (bicyclic) bond motifs is 1. The molecule has 0 bridgehead atoms. The van der Waals surface area contributed by atoms with Crippen molar-refractivity contribution in [3.63, 3.8) is 0 Å². The van der Waals surface area contributed by atoms with Gasteiger partial charge in [0.25, 0.3) is 5.91 Å². The average Bonchev–Trinajstić information content (AvgIpc) is 3.14. The number of carbonyl (C=O) groups is 2. The second-order valence-corrected chi connectivity index (χ2v) is 9.89. The summed E-state index contributed by atoms with van der Waals surface area (Å²) in [6.45, 7) is 6.20. The van der Waals surface area contributed by atoms with Gasteiger partial charge in [0.1, 0.15) is 5.75 Å². The molecule has 1 aromatic carbocycles. The standard InChI is InChI=1S/C26H32F3N3O5/c1-4-19-22-20(12-25(15-30-23(22)33)7-9-36-10-8-25)32(31-19)13-16(2)14-37-24(34)17-5-6-18(26(27,28)29)21(11-17)35-3/h5-6,11,16H,4,7-10,12-15H2,1-3H3,(H,30,33)/t16-/m1/s1. The van der Waals surface area contributed by atoms with E-state index in [2.05, 4.69) is 5.32 Å². The number of carbonyl (C=O) groups excluding carboxylic acids is 2. The lowest BCUT2D eigenvalue weighted by atomic mass is 9.76. The summed E-state index contributed by atoms with van der Waals surface area (Å²) >= 11 is 0. The Kier molecular flexibility index (Phi) is 7.82. The van der Waals surface area contributed by atoms with E-state index in [0.29, 0.717) is 44.7 Å². The molecule has 4 rings (SSSR count). The summed E-state index contributed by atoms with van der Waals surface area (Å²) in [6, 6.07) is 2.91. The third-order valence-electron chi connectivity index (χ3n) is 7.14. The summed E-state index contributed by atoms with van der Waals surface area (Å²) in [4.78, 5) is 25.5. The maximum atomic E-state index is 13.1. The highest BCUT2D eigenvalue weighted by Crippen LogP contribution is 2.38. The Morgan fingerprint density at radius 3 is 2.68 bits per heavy atom. The molecule has 202 valence electrons. The molecular formula is C26H32F3N3O5. The topological polar surface area (TPSA) is 91.7 Å². The third-order valence-corrected chi connectivity index (χ3v) is 7.14. The first-order chi connectivity index (χ1) is 17.6. The Morgan fingerprint density at radius 2 is 2.03 bits per heavy atom. The fraction of sp³-hybridized carbons (Fsp3) is 0.577. The van der Waals surface area contributed by atoms with E-state index in [1.165, 1.54) is 0 Å². The van der Waals surface area contributed by atoms with E-state index in [-0.39, 0.29) is 29.4 Å². The van der Waals surface area contributed by atoms with Crippen LogP contribution in [0.5, 0.6) is 5.75 Å². The zero-order valence-electron chi connectivity index (χ0n) is 21.2. The number of hydrogen-bond acceptors (Lipinski definition) is 6. The quantitative estimate of drug-likeness (QED) is 0.551. The zero-order chi connectivity index (χ0) is 26.8. The maximum Gasteiger partial charge on any atom is 0.419 e. The van der Waals surface area contributed by atoms with E-state index < -0.39 is 23.5 Å². The summed E-state index contributed by atoms with van der Waals surface area (Å²) in [5.41, 5.74) is 1.18. The number of aromatic nitrogens is 2. The van der Waals surface area contributed by atoms with Gasteiger partial charge in [-0.05, 0) is 49.3 Å². The van der Waals surface area contributed by atoms with Crippen LogP contribution < -0.4 is 10.1 Å². The Bertz CT molecular complexity index is 1160. The number of benzene rings is 1. The van der Waals surface area contributed by atoms with Gasteiger partial charge in [0.2, 0.25) is 0 Å². The highest BCUT2D eigenvalue weighted by molar-refractivity contribution is 5.97. The molecule has 2 aromatic rings. The molecule has 2 aliphatic heterocycles. The minimum atomic E-state index is -4.60. The van der Waals surface area contributed by atoms with Crippen LogP contribution in [0.25, 0.3) is 0 Å². The van der Waals surface area contributed by atoms with Gasteiger partial charge >= 0.3 is 12.1 Å². The van der Waals surface area contributed by atoms with E-state index in [1.807, 2.05) is 18.5 Å². The van der Waals surface area contributed by atoms with Gasteiger partial charge in [0.05, 0.1) is 41.8 Å². The van der Waals surface area contributed by atoms with Crippen LogP contribution in [-0.2, 0) is 35.0 Å². The second-order valence-electron chi connectivity index (χ2n) is 9.89. The Morgan fingerprint density at radius 1 is 1.30 bits per heavy atom. The van der Waals surface area contributed by atoms with Gasteiger partial charge < -0.3 is 19.5 Å². The van der Waals surface area contributed by atoms with Gasteiger partial charge in [-0.15, -0.1) is 0 Å². The lowest BCUT2D eigenvalue weighted by Gasteiger charge is -2.36. The highest BCUT2D eigenvalue weighted by atomic mass is 19.4. The number of hydrogen-bond donors (Lipinski definition) is 1. The van der Waals surface area contributed by atoms with E-state index in [0.717, 1.165) is 49.5 Å². The lowest BCUT2D eigenvalue weighted by Crippen LogP contribution is -2.41. The molecule has 0 unspecified atom stereocenters. The predicted molar refractivity (Wildman–Crippen MR) is 128 cm³/mol. The van der Waals surface area contributed by atoms with Gasteiger partial charge in [-0.2, -0.15) is 18.3 Å². The van der Waals surface area contributed by atoms with Gasteiger partial charge in [-0.25, -0.2) is 4.79 Å². The van der Waals surface area contributed by atoms with Gasteiger partial charge in [-0.1, -0.05) is 13.8 Å². The summed E-state index contributed by atoms with van der Waals surface area (Å²) in [5.74, 6) is -1.46. The van der Waals surface area contributed by atoms with Gasteiger partial charge in [0, 0.05) is 32.2 Å². The molecule has 8 nitrogen and oxygen atoms in total. The van der Waals surface area contributed by atoms with Crippen LogP contribution in [0.15, 0.2) is 18.2 Å². The molecular weight excluding hydrogens is 491 g/mol. The molecule has 1 saturated heterocycles. The first kappa shape index (κ1) is 27.0. The summed E-state index contributed by atoms with van der Waals surface area (Å²) in [7, 11) is 1.12. The zero-order valence-corrected chi connectivity index (χ0v) is 21.2. The molecule has 0 radical (unpaired) electrons. The van der Waals surface area contributed by atoms with Crippen LogP contribution in [0.1, 0.15) is 64.4 Å². The largest absolute Gasteiger partial charge is 0.496 e. The van der Waals surface area contributed by atoms with Crippen LogP contribution in [-0.4, -0.2) is 55.1 Å². The van der Waals surface area contributed by atoms with Crippen molar-refractivity contribution in [2.75, 3.05) is 33.5 Å². The van der Waals surface area contributed by atoms with Crippen molar-refractivity contribution in [2.24, 2.45) is 11.3 Å². The molecule has 1 spiro atoms. The van der Waals surface area contributed by atoms with Crippen molar-refractivity contribution in [1.82, 2.24) is 15.1 Å². The van der Waals surface area contributed by atoms with Crippen molar-refractivity contribution in [2.45, 2.75) is 52.3 Å². The molecule has 1 fully saturated rings. The molecule has 1 amide bonds. The van der Waals surface area contributed by atoms with E-state index in [1.54, 1.807) is 0 Å². The number of methoxy groups -OCH3 is 1. The number of ether oxygens (including phenoxy) is 3. The summed E-state index contributed by atoms with van der Waals surface area (Å²) < 4.78 is 57.0. The summed E-state index contributed by atoms with van der Waals surface area (Å²) in [6.07, 6.45) is -1.58. The summed E-state index contributed by atoms with van der Waals surface area (Å²) in [5, 5.41) is 7.81. The Labute approximate surface area is 213 Å². The Balaban J connectivity index is 1.47. The molecule has 11 heteroatoms. The maximum absolute atomic E-state index is 13.1. The smallest absolute Gasteiger partial charge is 0.419 e. The molecule has 0 aliphatic carbocycles. The fourth-order valence-corrected chi connectivity index (χ4v) is 5.03. The van der Waals surface area contributed by atoms with Crippen LogP contribution >= 0.6 is 0 Å². The first-order valence-corrected chi connectivity index (χ1v) is 12.4. The number of nitrogens with zero attached hydrogens (tertiary/aromatic N) is 2. The minimum Gasteiger partial charge on any atom is -0.496 e. The van der Waals surface area contributed by atoms with Crippen LogP contribution in [0.3, 0.4) is 0 Å². The van der Waals surface area contributed by atoms with Gasteiger partial charge in [-0.3, -0.25) is 9.48 Å². The van der Waals surface area contributed by atoms with Crippen LogP contribution in [0.4, 0.5) is 13.2 Å². The molecule has 1 atom stereocenters. The number of aryl methyl sites for hydroxylation is 1. The number of amides is 1. The van der Waals surface area contributed by atoms with Crippen molar-refractivity contribution < 1.29 is 37.0 Å². The molecule has 3 heterocycles. The first-order valence-electron chi connectivity index (χ1n) is 12.4. The van der Waals surface area contributed by atoms with E-state index >= 15 is 0 Å². The number of rotatable bonds is 7. The minimum absolute atomic E-state index is 0.0311. The fourth-order valence-electron chi connectivity index (χ4n) is 5.03. The molecule has 1 N–H and O–H groups in total. The van der Waals surface area contributed by atoms with Gasteiger partial charge in [0.15, 0.2) is 0 Å². The number of halogens is 3. The highest BCUT2D eigenvalue weighted by Gasteiger charge is 2.40. The van der Waals surface area contributed by atoms with E-state index in [4.69, 9.17) is 19.3 Å². The van der Waals surface area contributed by atoms with E-state index in [9.17, 15) is 22.8 Å². The van der Waals surface area contributed by atoms with Crippen molar-refractivity contribution in [1.29, 1.82) is 0 Å². The van der Waals surface area contributed by atoms with Crippen molar-refractivity contribution >= 4 is 11.9 Å². The normalized spacial score (nSPS) is 18.1. The predicted octanol–water partition coefficient (Wildman–Crippen LogP) is 4.05. The molecule has 2 aliphatic rings. The Hall–Kier alpha value is -3.08. The SMILES string of the molecule is CCc1nn(C[C@@H](C)COC(=O)c2ccc(C(F)(F)F)c(OC)c2)c2c1C(=O)NCC1(CCOCC1)C2. The monoisotopic (exact) mass is 523 g/mol. The van der Waals surface area contributed by atoms with Crippen molar-refractivity contribution in [3.8, 4) is 5.75 Å². The molecule has 37 heavy (non-hydrogen) atoms. The molecule has 0 saturated carbocycles. The average molecular weight is 524 g/mol. The third kappa shape index (κ3) is 5.76. The number of nitrogens with one attached hydrogen (secondary N) is 1. The van der Waals surface area contributed by atoms with Crippen LogP contribution in [0.2, 0.25) is 0 Å². The number of esters is 1. The lowest BCUT2D eigenvalue weighted by molar-refractivity contribution is -0.138. The van der Waals surface area contributed by atoms with Crippen molar-refractivity contribution in [3.05, 3.63) is 46.3 Å². The second kappa shape index (κ2) is 10.7.